The molecule has 1 amide bonds. The number of halogens is 3. The Balaban J connectivity index is 3.70. The SMILES string of the molecule is COC(=O)C(O)CNC(=O)COCC(F)(F)F. The van der Waals surface area contributed by atoms with Crippen LogP contribution in [-0.4, -0.2) is 56.1 Å². The number of amides is 1. The van der Waals surface area contributed by atoms with E-state index in [1.807, 2.05) is 5.32 Å². The molecule has 9 heteroatoms. The van der Waals surface area contributed by atoms with Gasteiger partial charge in [-0.1, -0.05) is 0 Å². The molecule has 0 fully saturated rings. The van der Waals surface area contributed by atoms with Crippen molar-refractivity contribution in [1.29, 1.82) is 0 Å². The lowest BCUT2D eigenvalue weighted by atomic mass is 10.3. The number of ether oxygens (including phenoxy) is 2. The fourth-order valence-corrected chi connectivity index (χ4v) is 0.740. The van der Waals surface area contributed by atoms with Crippen LogP contribution in [0.5, 0.6) is 0 Å². The second-order valence-corrected chi connectivity index (χ2v) is 2.95. The van der Waals surface area contributed by atoms with Crippen LogP contribution in [-0.2, 0) is 19.1 Å². The van der Waals surface area contributed by atoms with Gasteiger partial charge in [-0.2, -0.15) is 13.2 Å². The maximum Gasteiger partial charge on any atom is 0.411 e. The van der Waals surface area contributed by atoms with Gasteiger partial charge in [0.1, 0.15) is 13.2 Å². The van der Waals surface area contributed by atoms with E-state index in [2.05, 4.69) is 9.47 Å². The molecule has 0 aromatic heterocycles. The van der Waals surface area contributed by atoms with Crippen LogP contribution in [0.25, 0.3) is 0 Å². The van der Waals surface area contributed by atoms with Crippen molar-refractivity contribution < 1.29 is 37.3 Å². The van der Waals surface area contributed by atoms with E-state index in [1.54, 1.807) is 0 Å². The summed E-state index contributed by atoms with van der Waals surface area (Å²) in [5.74, 6) is -1.83. The molecular weight excluding hydrogens is 247 g/mol. The number of aliphatic hydroxyl groups excluding tert-OH is 1. The van der Waals surface area contributed by atoms with E-state index in [-0.39, 0.29) is 0 Å². The Morgan fingerprint density at radius 1 is 1.41 bits per heavy atom. The van der Waals surface area contributed by atoms with Crippen LogP contribution in [0.2, 0.25) is 0 Å². The Labute approximate surface area is 94.7 Å². The first-order chi connectivity index (χ1) is 7.76. The maximum absolute atomic E-state index is 11.6. The predicted molar refractivity (Wildman–Crippen MR) is 47.9 cm³/mol. The molecule has 0 saturated heterocycles. The van der Waals surface area contributed by atoms with Gasteiger partial charge < -0.3 is 19.9 Å². The number of rotatable bonds is 6. The van der Waals surface area contributed by atoms with Crippen molar-refractivity contribution in [2.75, 3.05) is 26.9 Å². The molecule has 1 unspecified atom stereocenters. The van der Waals surface area contributed by atoms with Gasteiger partial charge >= 0.3 is 12.1 Å². The molecule has 0 rings (SSSR count). The van der Waals surface area contributed by atoms with Gasteiger partial charge in [0.15, 0.2) is 6.10 Å². The van der Waals surface area contributed by atoms with E-state index in [0.717, 1.165) is 7.11 Å². The molecule has 0 aromatic rings. The Kier molecular flexibility index (Phi) is 6.51. The minimum Gasteiger partial charge on any atom is -0.467 e. The van der Waals surface area contributed by atoms with E-state index in [1.165, 1.54) is 0 Å². The van der Waals surface area contributed by atoms with Crippen LogP contribution >= 0.6 is 0 Å². The minimum absolute atomic E-state index is 0.457. The van der Waals surface area contributed by atoms with Gasteiger partial charge in [0.05, 0.1) is 13.7 Å². The third-order valence-electron chi connectivity index (χ3n) is 1.46. The Bertz CT molecular complexity index is 268. The largest absolute Gasteiger partial charge is 0.467 e. The standard InChI is InChI=1S/C8H12F3NO5/c1-16-7(15)5(13)2-12-6(14)3-17-4-8(9,10)11/h5,13H,2-4H2,1H3,(H,12,14). The zero-order valence-corrected chi connectivity index (χ0v) is 8.91. The molecule has 0 radical (unpaired) electrons. The van der Waals surface area contributed by atoms with Gasteiger partial charge in [-0.15, -0.1) is 0 Å². The minimum atomic E-state index is -4.51. The van der Waals surface area contributed by atoms with Crippen molar-refractivity contribution in [2.24, 2.45) is 0 Å². The lowest BCUT2D eigenvalue weighted by molar-refractivity contribution is -0.175. The highest BCUT2D eigenvalue weighted by atomic mass is 19.4. The summed E-state index contributed by atoms with van der Waals surface area (Å²) in [6.45, 7) is -2.81. The number of carbonyl (C=O) groups is 2. The van der Waals surface area contributed by atoms with Crippen molar-refractivity contribution in [3.05, 3.63) is 0 Å². The molecule has 6 nitrogen and oxygen atoms in total. The predicted octanol–water partition coefficient (Wildman–Crippen LogP) is -0.785. The monoisotopic (exact) mass is 259 g/mol. The third kappa shape index (κ3) is 8.46. The number of alkyl halides is 3. The summed E-state index contributed by atoms with van der Waals surface area (Å²) in [5, 5.41) is 11.0. The lowest BCUT2D eigenvalue weighted by Crippen LogP contribution is -2.39. The van der Waals surface area contributed by atoms with Gasteiger partial charge in [0, 0.05) is 0 Å². The molecule has 0 heterocycles. The fraction of sp³-hybridized carbons (Fsp3) is 0.750. The highest BCUT2D eigenvalue weighted by molar-refractivity contribution is 5.79. The van der Waals surface area contributed by atoms with Gasteiger partial charge in [0.2, 0.25) is 5.91 Å². The summed E-state index contributed by atoms with van der Waals surface area (Å²) in [4.78, 5) is 21.5. The molecule has 1 atom stereocenters. The lowest BCUT2D eigenvalue weighted by Gasteiger charge is -2.10. The molecule has 0 aliphatic rings. The summed E-state index contributed by atoms with van der Waals surface area (Å²) in [7, 11) is 1.04. The topological polar surface area (TPSA) is 84.9 Å². The molecule has 0 aromatic carbocycles. The van der Waals surface area contributed by atoms with Gasteiger partial charge in [-0.3, -0.25) is 4.79 Å². The van der Waals surface area contributed by atoms with Crippen molar-refractivity contribution in [3.63, 3.8) is 0 Å². The van der Waals surface area contributed by atoms with E-state index < -0.39 is 43.9 Å². The zero-order valence-electron chi connectivity index (χ0n) is 8.91. The van der Waals surface area contributed by atoms with Crippen molar-refractivity contribution in [3.8, 4) is 0 Å². The third-order valence-corrected chi connectivity index (χ3v) is 1.46. The van der Waals surface area contributed by atoms with Crippen LogP contribution in [0.1, 0.15) is 0 Å². The summed E-state index contributed by atoms with van der Waals surface area (Å²) < 4.78 is 43.0. The van der Waals surface area contributed by atoms with Crippen molar-refractivity contribution in [2.45, 2.75) is 12.3 Å². The summed E-state index contributed by atoms with van der Waals surface area (Å²) >= 11 is 0. The van der Waals surface area contributed by atoms with Crippen LogP contribution < -0.4 is 5.32 Å². The molecule has 0 spiro atoms. The second kappa shape index (κ2) is 7.07. The van der Waals surface area contributed by atoms with Crippen molar-refractivity contribution >= 4 is 11.9 Å². The van der Waals surface area contributed by atoms with Crippen LogP contribution in [0.15, 0.2) is 0 Å². The molecule has 0 saturated carbocycles. The van der Waals surface area contributed by atoms with Crippen LogP contribution in [0.3, 0.4) is 0 Å². The van der Waals surface area contributed by atoms with Gasteiger partial charge in [-0.05, 0) is 0 Å². The van der Waals surface area contributed by atoms with Crippen LogP contribution in [0.4, 0.5) is 13.2 Å². The number of hydrogen-bond donors (Lipinski definition) is 2. The van der Waals surface area contributed by atoms with E-state index >= 15 is 0 Å². The average Bonchev–Trinajstić information content (AvgIpc) is 2.22. The first-order valence-corrected chi connectivity index (χ1v) is 4.43. The van der Waals surface area contributed by atoms with E-state index in [4.69, 9.17) is 5.11 Å². The average molecular weight is 259 g/mol. The van der Waals surface area contributed by atoms with Gasteiger partial charge in [-0.25, -0.2) is 4.79 Å². The second-order valence-electron chi connectivity index (χ2n) is 2.95. The normalized spacial score (nSPS) is 13.0. The molecular formula is C8H12F3NO5. The molecule has 0 bridgehead atoms. The number of carbonyl (C=O) groups excluding carboxylic acids is 2. The fourth-order valence-electron chi connectivity index (χ4n) is 0.740. The summed E-state index contributed by atoms with van der Waals surface area (Å²) in [6, 6.07) is 0. The van der Waals surface area contributed by atoms with E-state index in [0.29, 0.717) is 0 Å². The first kappa shape index (κ1) is 15.7. The number of esters is 1. The summed E-state index contributed by atoms with van der Waals surface area (Å²) in [6.07, 6.45) is -6.07. The molecule has 0 aliphatic heterocycles. The van der Waals surface area contributed by atoms with Crippen molar-refractivity contribution in [1.82, 2.24) is 5.32 Å². The smallest absolute Gasteiger partial charge is 0.411 e. The maximum atomic E-state index is 11.6. The molecule has 17 heavy (non-hydrogen) atoms. The molecule has 2 N–H and O–H groups in total. The number of nitrogens with one attached hydrogen (secondary N) is 1. The first-order valence-electron chi connectivity index (χ1n) is 4.43. The Hall–Kier alpha value is -1.35. The number of hydrogen-bond acceptors (Lipinski definition) is 5. The zero-order chi connectivity index (χ0) is 13.5. The Morgan fingerprint density at radius 3 is 2.47 bits per heavy atom. The molecule has 0 aliphatic carbocycles. The van der Waals surface area contributed by atoms with Crippen LogP contribution in [0, 0.1) is 0 Å². The number of methoxy groups -OCH3 is 1. The highest BCUT2D eigenvalue weighted by Gasteiger charge is 2.27. The number of aliphatic hydroxyl groups is 1. The Morgan fingerprint density at radius 2 is 2.00 bits per heavy atom. The quantitative estimate of drug-likeness (QED) is 0.611. The van der Waals surface area contributed by atoms with Gasteiger partial charge in [0.25, 0.3) is 0 Å². The summed E-state index contributed by atoms with van der Waals surface area (Å²) in [5.41, 5.74) is 0. The van der Waals surface area contributed by atoms with E-state index in [9.17, 15) is 22.8 Å². The highest BCUT2D eigenvalue weighted by Crippen LogP contribution is 2.13. The molecule has 100 valence electrons.